The van der Waals surface area contributed by atoms with Gasteiger partial charge in [0.1, 0.15) is 6.61 Å². The Labute approximate surface area is 125 Å². The number of rotatable bonds is 6. The minimum absolute atomic E-state index is 0.539. The summed E-state index contributed by atoms with van der Waals surface area (Å²) in [4.78, 5) is 1.17. The maximum atomic E-state index is 5.87. The summed E-state index contributed by atoms with van der Waals surface area (Å²) in [5.41, 5.74) is 1.17. The molecular formula is C14H16BrNO2S. The molecule has 19 heavy (non-hydrogen) atoms. The number of ether oxygens (including phenoxy) is 2. The van der Waals surface area contributed by atoms with Crippen LogP contribution in [0.2, 0.25) is 0 Å². The molecule has 0 saturated carbocycles. The molecule has 102 valence electrons. The van der Waals surface area contributed by atoms with E-state index in [1.807, 2.05) is 36.7 Å². The lowest BCUT2D eigenvalue weighted by molar-refractivity contribution is 0.286. The molecule has 0 atom stereocenters. The summed E-state index contributed by atoms with van der Waals surface area (Å²) in [7, 11) is 3.58. The van der Waals surface area contributed by atoms with Crippen LogP contribution in [-0.4, -0.2) is 14.2 Å². The molecule has 1 N–H and O–H groups in total. The first-order valence-corrected chi connectivity index (χ1v) is 7.58. The average Bonchev–Trinajstić information content (AvgIpc) is 2.82. The Morgan fingerprint density at radius 1 is 1.26 bits per heavy atom. The fourth-order valence-electron chi connectivity index (χ4n) is 1.72. The minimum atomic E-state index is 0.539. The van der Waals surface area contributed by atoms with Crippen LogP contribution in [0.15, 0.2) is 34.1 Å². The Balaban J connectivity index is 2.13. The Hall–Kier alpha value is -1.04. The summed E-state index contributed by atoms with van der Waals surface area (Å²) in [5.74, 6) is 1.53. The first kappa shape index (κ1) is 14.4. The van der Waals surface area contributed by atoms with E-state index in [1.54, 1.807) is 18.4 Å². The zero-order valence-electron chi connectivity index (χ0n) is 10.9. The quantitative estimate of drug-likeness (QED) is 0.866. The van der Waals surface area contributed by atoms with Crippen LogP contribution in [0.25, 0.3) is 0 Å². The largest absolute Gasteiger partial charge is 0.493 e. The van der Waals surface area contributed by atoms with E-state index in [0.29, 0.717) is 6.61 Å². The molecule has 5 heteroatoms. The van der Waals surface area contributed by atoms with Gasteiger partial charge < -0.3 is 14.8 Å². The van der Waals surface area contributed by atoms with Crippen molar-refractivity contribution >= 4 is 27.3 Å². The molecule has 0 amide bonds. The number of nitrogens with one attached hydrogen (secondary N) is 1. The highest BCUT2D eigenvalue weighted by atomic mass is 79.9. The standard InChI is InChI=1S/C14H16BrNO2S/c1-16-8-10-3-4-12(17-2)13(7-10)18-9-14-11(15)5-6-19-14/h3-7,16H,8-9H2,1-2H3. The molecule has 0 bridgehead atoms. The topological polar surface area (TPSA) is 30.5 Å². The van der Waals surface area contributed by atoms with Crippen LogP contribution >= 0.6 is 27.3 Å². The molecule has 1 aromatic heterocycles. The van der Waals surface area contributed by atoms with Crippen molar-refractivity contribution < 1.29 is 9.47 Å². The molecule has 1 heterocycles. The molecule has 0 aliphatic heterocycles. The number of hydrogen-bond acceptors (Lipinski definition) is 4. The van der Waals surface area contributed by atoms with Crippen LogP contribution in [0.5, 0.6) is 11.5 Å². The molecule has 2 aromatic rings. The van der Waals surface area contributed by atoms with Crippen LogP contribution in [0.1, 0.15) is 10.4 Å². The van der Waals surface area contributed by atoms with Gasteiger partial charge in [0.2, 0.25) is 0 Å². The summed E-state index contributed by atoms with van der Waals surface area (Å²) in [6.07, 6.45) is 0. The summed E-state index contributed by atoms with van der Waals surface area (Å²) < 4.78 is 12.3. The van der Waals surface area contributed by atoms with Crippen molar-refractivity contribution in [2.45, 2.75) is 13.2 Å². The van der Waals surface area contributed by atoms with Crippen molar-refractivity contribution in [3.05, 3.63) is 44.6 Å². The number of halogens is 1. The minimum Gasteiger partial charge on any atom is -0.493 e. The molecular weight excluding hydrogens is 326 g/mol. The van der Waals surface area contributed by atoms with Crippen LogP contribution < -0.4 is 14.8 Å². The van der Waals surface area contributed by atoms with E-state index in [2.05, 4.69) is 21.2 Å². The van der Waals surface area contributed by atoms with Crippen molar-refractivity contribution in [2.24, 2.45) is 0 Å². The first-order valence-electron chi connectivity index (χ1n) is 5.90. The van der Waals surface area contributed by atoms with Crippen molar-refractivity contribution in [3.8, 4) is 11.5 Å². The third-order valence-corrected chi connectivity index (χ3v) is 4.56. The average molecular weight is 342 g/mol. The van der Waals surface area contributed by atoms with Gasteiger partial charge in [-0.05, 0) is 52.1 Å². The van der Waals surface area contributed by atoms with E-state index in [4.69, 9.17) is 9.47 Å². The number of methoxy groups -OCH3 is 1. The predicted octanol–water partition coefficient (Wildman–Crippen LogP) is 3.82. The fraction of sp³-hybridized carbons (Fsp3) is 0.286. The highest BCUT2D eigenvalue weighted by molar-refractivity contribution is 9.10. The Kier molecular flexibility index (Phi) is 5.24. The maximum Gasteiger partial charge on any atom is 0.162 e. The van der Waals surface area contributed by atoms with Gasteiger partial charge >= 0.3 is 0 Å². The van der Waals surface area contributed by atoms with E-state index in [9.17, 15) is 0 Å². The summed E-state index contributed by atoms with van der Waals surface area (Å²) in [6.45, 7) is 1.35. The second-order valence-corrected chi connectivity index (χ2v) is 5.85. The maximum absolute atomic E-state index is 5.87. The molecule has 2 rings (SSSR count). The zero-order chi connectivity index (χ0) is 13.7. The van der Waals surface area contributed by atoms with Gasteiger partial charge in [0.15, 0.2) is 11.5 Å². The van der Waals surface area contributed by atoms with Crippen molar-refractivity contribution in [3.63, 3.8) is 0 Å². The van der Waals surface area contributed by atoms with Gasteiger partial charge in [0.25, 0.3) is 0 Å². The molecule has 3 nitrogen and oxygen atoms in total. The molecule has 0 fully saturated rings. The van der Waals surface area contributed by atoms with E-state index in [0.717, 1.165) is 22.5 Å². The van der Waals surface area contributed by atoms with Crippen LogP contribution in [0, 0.1) is 0 Å². The van der Waals surface area contributed by atoms with Gasteiger partial charge in [0.05, 0.1) is 12.0 Å². The van der Waals surface area contributed by atoms with Crippen molar-refractivity contribution in [1.29, 1.82) is 0 Å². The summed E-state index contributed by atoms with van der Waals surface area (Å²) >= 11 is 5.18. The monoisotopic (exact) mass is 341 g/mol. The molecule has 0 radical (unpaired) electrons. The third-order valence-electron chi connectivity index (χ3n) is 2.66. The predicted molar refractivity (Wildman–Crippen MR) is 82.1 cm³/mol. The highest BCUT2D eigenvalue weighted by Gasteiger charge is 2.08. The lowest BCUT2D eigenvalue weighted by Crippen LogP contribution is -2.05. The molecule has 0 spiro atoms. The van der Waals surface area contributed by atoms with E-state index in [1.165, 1.54) is 10.4 Å². The molecule has 0 unspecified atom stereocenters. The Morgan fingerprint density at radius 2 is 2.11 bits per heavy atom. The lowest BCUT2D eigenvalue weighted by atomic mass is 10.2. The van der Waals surface area contributed by atoms with E-state index >= 15 is 0 Å². The number of hydrogen-bond donors (Lipinski definition) is 1. The normalized spacial score (nSPS) is 10.5. The van der Waals surface area contributed by atoms with E-state index < -0.39 is 0 Å². The Bertz CT molecular complexity index is 542. The second kappa shape index (κ2) is 6.93. The van der Waals surface area contributed by atoms with Gasteiger partial charge in [0, 0.05) is 11.0 Å². The lowest BCUT2D eigenvalue weighted by Gasteiger charge is -2.12. The number of thiophene rings is 1. The molecule has 0 saturated heterocycles. The van der Waals surface area contributed by atoms with Crippen LogP contribution in [0.3, 0.4) is 0 Å². The zero-order valence-corrected chi connectivity index (χ0v) is 13.3. The summed E-state index contributed by atoms with van der Waals surface area (Å²) in [5, 5.41) is 5.16. The second-order valence-electron chi connectivity index (χ2n) is 4.00. The van der Waals surface area contributed by atoms with E-state index in [-0.39, 0.29) is 0 Å². The highest BCUT2D eigenvalue weighted by Crippen LogP contribution is 2.30. The third kappa shape index (κ3) is 3.72. The van der Waals surface area contributed by atoms with Crippen LogP contribution in [0.4, 0.5) is 0 Å². The molecule has 1 aromatic carbocycles. The molecule has 0 aliphatic carbocycles. The molecule has 0 aliphatic rings. The van der Waals surface area contributed by atoms with Gasteiger partial charge in [-0.15, -0.1) is 11.3 Å². The van der Waals surface area contributed by atoms with Gasteiger partial charge in [-0.1, -0.05) is 6.07 Å². The smallest absolute Gasteiger partial charge is 0.162 e. The van der Waals surface area contributed by atoms with Crippen molar-refractivity contribution in [1.82, 2.24) is 5.32 Å². The summed E-state index contributed by atoms with van der Waals surface area (Å²) in [6, 6.07) is 8.00. The van der Waals surface area contributed by atoms with Gasteiger partial charge in [-0.2, -0.15) is 0 Å². The first-order chi connectivity index (χ1) is 9.24. The van der Waals surface area contributed by atoms with Gasteiger partial charge in [-0.3, -0.25) is 0 Å². The van der Waals surface area contributed by atoms with Gasteiger partial charge in [-0.25, -0.2) is 0 Å². The Morgan fingerprint density at radius 3 is 2.74 bits per heavy atom. The number of benzene rings is 1. The van der Waals surface area contributed by atoms with Crippen molar-refractivity contribution in [2.75, 3.05) is 14.2 Å². The fourth-order valence-corrected chi connectivity index (χ4v) is 3.10. The van der Waals surface area contributed by atoms with Crippen LogP contribution in [-0.2, 0) is 13.2 Å². The SMILES string of the molecule is CNCc1ccc(OC)c(OCc2sccc2Br)c1.